The molecule has 0 fully saturated rings. The quantitative estimate of drug-likeness (QED) is 0.879. The summed E-state index contributed by atoms with van der Waals surface area (Å²) < 4.78 is 5.03. The highest BCUT2D eigenvalue weighted by atomic mass is 16.5. The lowest BCUT2D eigenvalue weighted by molar-refractivity contribution is 0.0929. The van der Waals surface area contributed by atoms with E-state index in [1.807, 2.05) is 32.0 Å². The summed E-state index contributed by atoms with van der Waals surface area (Å²) in [4.78, 5) is 12.0. The van der Waals surface area contributed by atoms with Crippen LogP contribution in [0.4, 0.5) is 0 Å². The Morgan fingerprint density at radius 3 is 2.75 bits per heavy atom. The maximum absolute atomic E-state index is 12.0. The van der Waals surface area contributed by atoms with E-state index in [0.29, 0.717) is 5.69 Å². The predicted molar refractivity (Wildman–Crippen MR) is 77.6 cm³/mol. The van der Waals surface area contributed by atoms with Gasteiger partial charge in [-0.25, -0.2) is 0 Å². The zero-order valence-corrected chi connectivity index (χ0v) is 11.9. The van der Waals surface area contributed by atoms with Crippen molar-refractivity contribution in [2.45, 2.75) is 39.2 Å². The Morgan fingerprint density at radius 2 is 2.10 bits per heavy atom. The number of aryl methyl sites for hydroxylation is 2. The lowest BCUT2D eigenvalue weighted by atomic mass is 10.1. The van der Waals surface area contributed by atoms with Gasteiger partial charge in [-0.1, -0.05) is 42.4 Å². The van der Waals surface area contributed by atoms with Crippen LogP contribution >= 0.6 is 0 Å². The molecule has 0 aliphatic carbocycles. The molecule has 2 rings (SSSR count). The van der Waals surface area contributed by atoms with Crippen LogP contribution in [-0.2, 0) is 12.8 Å². The lowest BCUT2D eigenvalue weighted by Crippen LogP contribution is -2.33. The SMILES string of the molecule is CCc1cc(C(=O)NC(C)CCc2ccccc2)no1. The van der Waals surface area contributed by atoms with Gasteiger partial charge in [-0.05, 0) is 25.3 Å². The Kier molecular flexibility index (Phi) is 4.93. The number of hydrogen-bond acceptors (Lipinski definition) is 3. The molecule has 0 spiro atoms. The normalized spacial score (nSPS) is 12.1. The van der Waals surface area contributed by atoms with E-state index >= 15 is 0 Å². The van der Waals surface area contributed by atoms with Crippen molar-refractivity contribution in [1.29, 1.82) is 0 Å². The number of nitrogens with zero attached hydrogens (tertiary/aromatic N) is 1. The number of aromatic nitrogens is 1. The van der Waals surface area contributed by atoms with Gasteiger partial charge in [-0.15, -0.1) is 0 Å². The summed E-state index contributed by atoms with van der Waals surface area (Å²) in [5.41, 5.74) is 1.64. The van der Waals surface area contributed by atoms with Gasteiger partial charge in [0.2, 0.25) is 0 Å². The molecule has 1 atom stereocenters. The fourth-order valence-electron chi connectivity index (χ4n) is 1.98. The maximum Gasteiger partial charge on any atom is 0.273 e. The van der Waals surface area contributed by atoms with Crippen molar-refractivity contribution >= 4 is 5.91 Å². The summed E-state index contributed by atoms with van der Waals surface area (Å²) in [6, 6.07) is 12.0. The van der Waals surface area contributed by atoms with E-state index in [1.54, 1.807) is 6.07 Å². The van der Waals surface area contributed by atoms with Crippen LogP contribution in [0.25, 0.3) is 0 Å². The van der Waals surface area contributed by atoms with Gasteiger partial charge in [0.1, 0.15) is 5.76 Å². The average Bonchev–Trinajstić information content (AvgIpc) is 2.95. The van der Waals surface area contributed by atoms with Crippen molar-refractivity contribution in [3.8, 4) is 0 Å². The highest BCUT2D eigenvalue weighted by molar-refractivity contribution is 5.92. The smallest absolute Gasteiger partial charge is 0.273 e. The molecule has 0 aliphatic rings. The zero-order chi connectivity index (χ0) is 14.4. The fourth-order valence-corrected chi connectivity index (χ4v) is 1.98. The third-order valence-electron chi connectivity index (χ3n) is 3.23. The van der Waals surface area contributed by atoms with E-state index < -0.39 is 0 Å². The number of amides is 1. The van der Waals surface area contributed by atoms with Gasteiger partial charge >= 0.3 is 0 Å². The van der Waals surface area contributed by atoms with Gasteiger partial charge in [0.25, 0.3) is 5.91 Å². The van der Waals surface area contributed by atoms with Gasteiger partial charge in [-0.3, -0.25) is 4.79 Å². The second-order valence-corrected chi connectivity index (χ2v) is 4.93. The lowest BCUT2D eigenvalue weighted by Gasteiger charge is -2.12. The predicted octanol–water partition coefficient (Wildman–Crippen LogP) is 2.99. The van der Waals surface area contributed by atoms with E-state index in [1.165, 1.54) is 5.56 Å². The van der Waals surface area contributed by atoms with Crippen LogP contribution in [0.2, 0.25) is 0 Å². The number of carbonyl (C=O) groups is 1. The third kappa shape index (κ3) is 3.95. The molecule has 0 saturated heterocycles. The van der Waals surface area contributed by atoms with Crippen LogP contribution in [-0.4, -0.2) is 17.1 Å². The molecule has 1 aromatic heterocycles. The maximum atomic E-state index is 12.0. The Morgan fingerprint density at radius 1 is 1.35 bits per heavy atom. The number of hydrogen-bond donors (Lipinski definition) is 1. The summed E-state index contributed by atoms with van der Waals surface area (Å²) in [6.07, 6.45) is 2.58. The molecule has 0 radical (unpaired) electrons. The van der Waals surface area contributed by atoms with Crippen LogP contribution in [0.15, 0.2) is 40.9 Å². The van der Waals surface area contributed by atoms with Crippen molar-refractivity contribution in [2.24, 2.45) is 0 Å². The van der Waals surface area contributed by atoms with E-state index in [-0.39, 0.29) is 11.9 Å². The fraction of sp³-hybridized carbons (Fsp3) is 0.375. The molecule has 20 heavy (non-hydrogen) atoms. The molecule has 1 aromatic carbocycles. The molecule has 4 heteroatoms. The Bertz CT molecular complexity index is 549. The first-order valence-electron chi connectivity index (χ1n) is 6.99. The van der Waals surface area contributed by atoms with E-state index in [4.69, 9.17) is 4.52 Å². The van der Waals surface area contributed by atoms with Gasteiger partial charge in [0.15, 0.2) is 5.69 Å². The molecule has 4 nitrogen and oxygen atoms in total. The molecular weight excluding hydrogens is 252 g/mol. The third-order valence-corrected chi connectivity index (χ3v) is 3.23. The molecule has 0 aliphatic heterocycles. The van der Waals surface area contributed by atoms with Crippen LogP contribution in [0.5, 0.6) is 0 Å². The molecule has 1 N–H and O–H groups in total. The largest absolute Gasteiger partial charge is 0.361 e. The molecule has 0 saturated carbocycles. The van der Waals surface area contributed by atoms with Crippen molar-refractivity contribution in [3.05, 3.63) is 53.4 Å². The van der Waals surface area contributed by atoms with E-state index in [0.717, 1.165) is 25.0 Å². The number of carbonyl (C=O) groups excluding carboxylic acids is 1. The first kappa shape index (κ1) is 14.3. The Hall–Kier alpha value is -2.10. The molecule has 1 heterocycles. The van der Waals surface area contributed by atoms with E-state index in [2.05, 4.69) is 22.6 Å². The van der Waals surface area contributed by atoms with Crippen molar-refractivity contribution in [2.75, 3.05) is 0 Å². The number of benzene rings is 1. The molecule has 1 unspecified atom stereocenters. The summed E-state index contributed by atoms with van der Waals surface area (Å²) in [7, 11) is 0. The molecule has 1 amide bonds. The Labute approximate surface area is 119 Å². The minimum Gasteiger partial charge on any atom is -0.361 e. The van der Waals surface area contributed by atoms with Crippen LogP contribution in [0, 0.1) is 0 Å². The molecular formula is C16H20N2O2. The van der Waals surface area contributed by atoms with Crippen molar-refractivity contribution in [3.63, 3.8) is 0 Å². The first-order valence-corrected chi connectivity index (χ1v) is 6.99. The minimum absolute atomic E-state index is 0.101. The van der Waals surface area contributed by atoms with Gasteiger partial charge in [0, 0.05) is 18.5 Å². The summed E-state index contributed by atoms with van der Waals surface area (Å²) in [5.74, 6) is 0.557. The highest BCUT2D eigenvalue weighted by Gasteiger charge is 2.14. The molecule has 106 valence electrons. The topological polar surface area (TPSA) is 55.1 Å². The van der Waals surface area contributed by atoms with Gasteiger partial charge in [-0.2, -0.15) is 0 Å². The molecule has 0 bridgehead atoms. The number of nitrogens with one attached hydrogen (secondary N) is 1. The van der Waals surface area contributed by atoms with Crippen molar-refractivity contribution < 1.29 is 9.32 Å². The average molecular weight is 272 g/mol. The van der Waals surface area contributed by atoms with Gasteiger partial charge < -0.3 is 9.84 Å². The number of rotatable bonds is 6. The highest BCUT2D eigenvalue weighted by Crippen LogP contribution is 2.07. The summed E-state index contributed by atoms with van der Waals surface area (Å²) in [6.45, 7) is 3.96. The van der Waals surface area contributed by atoms with Crippen LogP contribution in [0.3, 0.4) is 0 Å². The summed E-state index contributed by atoms with van der Waals surface area (Å²) in [5, 5.41) is 6.71. The van der Waals surface area contributed by atoms with Crippen molar-refractivity contribution in [1.82, 2.24) is 10.5 Å². The Balaban J connectivity index is 1.82. The monoisotopic (exact) mass is 272 g/mol. The van der Waals surface area contributed by atoms with E-state index in [9.17, 15) is 4.79 Å². The summed E-state index contributed by atoms with van der Waals surface area (Å²) >= 11 is 0. The van der Waals surface area contributed by atoms with Crippen LogP contribution < -0.4 is 5.32 Å². The standard InChI is InChI=1S/C16H20N2O2/c1-3-14-11-15(18-20-14)16(19)17-12(2)9-10-13-7-5-4-6-8-13/h4-8,11-12H,3,9-10H2,1-2H3,(H,17,19). The van der Waals surface area contributed by atoms with Crippen LogP contribution in [0.1, 0.15) is 42.1 Å². The zero-order valence-electron chi connectivity index (χ0n) is 11.9. The second-order valence-electron chi connectivity index (χ2n) is 4.93. The minimum atomic E-state index is -0.172. The second kappa shape index (κ2) is 6.89. The molecule has 2 aromatic rings. The first-order chi connectivity index (χ1) is 9.69. The van der Waals surface area contributed by atoms with Gasteiger partial charge in [0.05, 0.1) is 0 Å².